The molecule has 0 heterocycles. The molecule has 0 saturated heterocycles. The Morgan fingerprint density at radius 3 is 2.36 bits per heavy atom. The Labute approximate surface area is 159 Å². The molecule has 1 aromatic carbocycles. The summed E-state index contributed by atoms with van der Waals surface area (Å²) in [6.45, 7) is 8.36. The summed E-state index contributed by atoms with van der Waals surface area (Å²) in [6, 6.07) is 8.11. The highest BCUT2D eigenvalue weighted by atomic mass is 79.9. The number of ketones is 1. The van der Waals surface area contributed by atoms with Crippen LogP contribution in [0.3, 0.4) is 0 Å². The number of anilines is 1. The van der Waals surface area contributed by atoms with Crippen LogP contribution in [0.15, 0.2) is 24.3 Å². The van der Waals surface area contributed by atoms with E-state index in [1.165, 1.54) is 18.4 Å². The molecule has 1 aromatic rings. The highest BCUT2D eigenvalue weighted by molar-refractivity contribution is 9.10. The first kappa shape index (κ1) is 18.6. The van der Waals surface area contributed by atoms with Crippen LogP contribution in [-0.4, -0.2) is 16.5 Å². The smallest absolute Gasteiger partial charge is 0.232 e. The Hall–Kier alpha value is -1.16. The summed E-state index contributed by atoms with van der Waals surface area (Å²) in [6.07, 6.45) is 4.95. The Balaban J connectivity index is 1.82. The van der Waals surface area contributed by atoms with Crippen LogP contribution in [0.5, 0.6) is 0 Å². The summed E-state index contributed by atoms with van der Waals surface area (Å²) in [5.74, 6) is 0.143. The fourth-order valence-electron chi connectivity index (χ4n) is 4.83. The molecule has 1 amide bonds. The molecule has 0 aliphatic heterocycles. The fourth-order valence-corrected chi connectivity index (χ4v) is 6.35. The Bertz CT molecular complexity index is 696. The minimum atomic E-state index is -0.681. The number of alkyl halides is 1. The van der Waals surface area contributed by atoms with Crippen LogP contribution in [0.2, 0.25) is 0 Å². The van der Waals surface area contributed by atoms with Gasteiger partial charge in [-0.2, -0.15) is 0 Å². The highest BCUT2D eigenvalue weighted by Crippen LogP contribution is 2.72. The molecule has 0 radical (unpaired) electrons. The van der Waals surface area contributed by atoms with E-state index in [2.05, 4.69) is 54.2 Å². The first-order chi connectivity index (χ1) is 11.7. The van der Waals surface area contributed by atoms with Crippen molar-refractivity contribution >= 4 is 33.3 Å². The van der Waals surface area contributed by atoms with Gasteiger partial charge in [-0.15, -0.1) is 0 Å². The zero-order valence-corrected chi connectivity index (χ0v) is 17.2. The van der Waals surface area contributed by atoms with Gasteiger partial charge < -0.3 is 5.32 Å². The lowest BCUT2D eigenvalue weighted by Crippen LogP contribution is -2.47. The van der Waals surface area contributed by atoms with Crippen molar-refractivity contribution < 1.29 is 9.59 Å². The topological polar surface area (TPSA) is 46.2 Å². The van der Waals surface area contributed by atoms with Crippen molar-refractivity contribution in [1.29, 1.82) is 0 Å². The summed E-state index contributed by atoms with van der Waals surface area (Å²) in [7, 11) is 0. The lowest BCUT2D eigenvalue weighted by molar-refractivity contribution is -0.130. The third-order valence-electron chi connectivity index (χ3n) is 7.16. The lowest BCUT2D eigenvalue weighted by Gasteiger charge is -2.39. The second-order valence-corrected chi connectivity index (χ2v) is 9.33. The zero-order valence-electron chi connectivity index (χ0n) is 15.6. The molecule has 2 bridgehead atoms. The van der Waals surface area contributed by atoms with E-state index in [4.69, 9.17) is 0 Å². The number of benzene rings is 1. The molecule has 3 unspecified atom stereocenters. The molecule has 2 aliphatic rings. The number of hydrogen-bond acceptors (Lipinski definition) is 2. The molecule has 3 atom stereocenters. The molecule has 1 N–H and O–H groups in total. The largest absolute Gasteiger partial charge is 0.326 e. The third-order valence-corrected chi connectivity index (χ3v) is 8.35. The summed E-state index contributed by atoms with van der Waals surface area (Å²) in [5.41, 5.74) is 0.628. The standard InChI is InChI=1S/C21H28BrNO2/c1-5-6-7-14-8-10-15(11-9-14)23-18(25)21-13-12-20(4,19(21,2)3)17(24)16(21)22/h8-11,16H,5-7,12-13H2,1-4H3,(H,23,25). The van der Waals surface area contributed by atoms with Crippen LogP contribution in [0.25, 0.3) is 0 Å². The van der Waals surface area contributed by atoms with Gasteiger partial charge in [0.1, 0.15) is 0 Å². The van der Waals surface area contributed by atoms with Crippen LogP contribution < -0.4 is 5.32 Å². The monoisotopic (exact) mass is 405 g/mol. The minimum Gasteiger partial charge on any atom is -0.326 e. The molecule has 3 rings (SSSR count). The summed E-state index contributed by atoms with van der Waals surface area (Å²) in [4.78, 5) is 25.7. The number of unbranched alkanes of at least 4 members (excludes halogenated alkanes) is 1. The number of nitrogens with one attached hydrogen (secondary N) is 1. The van der Waals surface area contributed by atoms with E-state index in [-0.39, 0.29) is 17.1 Å². The highest BCUT2D eigenvalue weighted by Gasteiger charge is 2.76. The average Bonchev–Trinajstić information content (AvgIpc) is 2.86. The second-order valence-electron chi connectivity index (χ2n) is 8.41. The second kappa shape index (κ2) is 6.22. The molecule has 2 saturated carbocycles. The molecule has 25 heavy (non-hydrogen) atoms. The molecule has 2 fully saturated rings. The predicted molar refractivity (Wildman–Crippen MR) is 105 cm³/mol. The van der Waals surface area contributed by atoms with E-state index in [9.17, 15) is 9.59 Å². The van der Waals surface area contributed by atoms with Gasteiger partial charge in [-0.1, -0.05) is 62.2 Å². The molecule has 136 valence electrons. The number of fused-ring (bicyclic) bond motifs is 2. The quantitative estimate of drug-likeness (QED) is 0.690. The maximum atomic E-state index is 13.3. The van der Waals surface area contributed by atoms with Crippen molar-refractivity contribution in [3.63, 3.8) is 0 Å². The number of hydrogen-bond donors (Lipinski definition) is 1. The summed E-state index contributed by atoms with van der Waals surface area (Å²) < 4.78 is 0. The first-order valence-electron chi connectivity index (χ1n) is 9.29. The maximum Gasteiger partial charge on any atom is 0.232 e. The first-order valence-corrected chi connectivity index (χ1v) is 10.2. The minimum absolute atomic E-state index is 0.0322. The number of carbonyl (C=O) groups excluding carboxylic acids is 2. The van der Waals surface area contributed by atoms with Gasteiger partial charge in [0.25, 0.3) is 0 Å². The van der Waals surface area contributed by atoms with Crippen LogP contribution >= 0.6 is 15.9 Å². The van der Waals surface area contributed by atoms with Crippen molar-refractivity contribution in [1.82, 2.24) is 0 Å². The fraction of sp³-hybridized carbons (Fsp3) is 0.619. The van der Waals surface area contributed by atoms with E-state index in [1.54, 1.807) is 0 Å². The molecule has 0 spiro atoms. The molecular weight excluding hydrogens is 378 g/mol. The number of carbonyl (C=O) groups is 2. The molecule has 0 aromatic heterocycles. The van der Waals surface area contributed by atoms with E-state index in [0.29, 0.717) is 0 Å². The van der Waals surface area contributed by atoms with E-state index in [0.717, 1.165) is 24.9 Å². The van der Waals surface area contributed by atoms with Crippen LogP contribution in [-0.2, 0) is 16.0 Å². The van der Waals surface area contributed by atoms with Gasteiger partial charge in [-0.25, -0.2) is 0 Å². The van der Waals surface area contributed by atoms with Gasteiger partial charge in [-0.3, -0.25) is 9.59 Å². The number of aryl methyl sites for hydroxylation is 1. The van der Waals surface area contributed by atoms with E-state index >= 15 is 0 Å². The van der Waals surface area contributed by atoms with Crippen molar-refractivity contribution in [3.05, 3.63) is 29.8 Å². The maximum absolute atomic E-state index is 13.3. The number of Topliss-reactive ketones (excluding diaryl/α,β-unsaturated/α-hetero) is 1. The van der Waals surface area contributed by atoms with Crippen LogP contribution in [0.4, 0.5) is 5.69 Å². The van der Waals surface area contributed by atoms with E-state index in [1.807, 2.05) is 19.1 Å². The Morgan fingerprint density at radius 1 is 1.20 bits per heavy atom. The molecule has 4 heteroatoms. The van der Waals surface area contributed by atoms with Crippen molar-refractivity contribution in [3.8, 4) is 0 Å². The van der Waals surface area contributed by atoms with Gasteiger partial charge in [0.15, 0.2) is 5.78 Å². The van der Waals surface area contributed by atoms with Crippen molar-refractivity contribution in [2.75, 3.05) is 5.32 Å². The summed E-state index contributed by atoms with van der Waals surface area (Å²) in [5, 5.41) is 3.09. The number of rotatable bonds is 5. The average molecular weight is 406 g/mol. The number of halogens is 1. The molecular formula is C21H28BrNO2. The van der Waals surface area contributed by atoms with Gasteiger partial charge >= 0.3 is 0 Å². The normalized spacial score (nSPS) is 32.8. The van der Waals surface area contributed by atoms with Gasteiger partial charge in [-0.05, 0) is 48.8 Å². The predicted octanol–water partition coefficient (Wildman–Crippen LogP) is 5.13. The SMILES string of the molecule is CCCCc1ccc(NC(=O)C23CCC(C)(C(=O)C2Br)C3(C)C)cc1. The summed E-state index contributed by atoms with van der Waals surface area (Å²) >= 11 is 3.57. The molecule has 2 aliphatic carbocycles. The van der Waals surface area contributed by atoms with Crippen LogP contribution in [0, 0.1) is 16.2 Å². The van der Waals surface area contributed by atoms with Gasteiger partial charge in [0.05, 0.1) is 10.2 Å². The van der Waals surface area contributed by atoms with Crippen LogP contribution in [0.1, 0.15) is 58.9 Å². The lowest BCUT2D eigenvalue weighted by atomic mass is 9.64. The number of amides is 1. The van der Waals surface area contributed by atoms with E-state index < -0.39 is 15.7 Å². The third kappa shape index (κ3) is 2.43. The Morgan fingerprint density at radius 2 is 1.84 bits per heavy atom. The Kier molecular flexibility index (Phi) is 4.64. The van der Waals surface area contributed by atoms with Crippen molar-refractivity contribution in [2.24, 2.45) is 16.2 Å². The van der Waals surface area contributed by atoms with Crippen molar-refractivity contribution in [2.45, 2.75) is 64.6 Å². The van der Waals surface area contributed by atoms with Gasteiger partial charge in [0.2, 0.25) is 5.91 Å². The zero-order chi connectivity index (χ0) is 18.5. The van der Waals surface area contributed by atoms with Gasteiger partial charge in [0, 0.05) is 11.1 Å². The molecule has 3 nitrogen and oxygen atoms in total.